The van der Waals surface area contributed by atoms with Gasteiger partial charge in [0.2, 0.25) is 5.91 Å². The summed E-state index contributed by atoms with van der Waals surface area (Å²) in [7, 11) is 0. The van der Waals surface area contributed by atoms with E-state index in [0.717, 1.165) is 40.5 Å². The number of thiazole rings is 1. The van der Waals surface area contributed by atoms with Gasteiger partial charge in [0.1, 0.15) is 5.75 Å². The highest BCUT2D eigenvalue weighted by Gasteiger charge is 2.24. The Hall–Kier alpha value is -1.66. The van der Waals surface area contributed by atoms with Crippen LogP contribution in [-0.2, 0) is 9.53 Å². The third-order valence-corrected chi connectivity index (χ3v) is 4.72. The molecule has 3 rings (SSSR count). The molecule has 1 amide bonds. The van der Waals surface area contributed by atoms with Crippen molar-refractivity contribution in [3.63, 3.8) is 0 Å². The number of benzene rings is 1. The van der Waals surface area contributed by atoms with Crippen LogP contribution < -0.4 is 9.64 Å². The van der Waals surface area contributed by atoms with Crippen molar-refractivity contribution in [1.82, 2.24) is 4.98 Å². The van der Waals surface area contributed by atoms with E-state index >= 15 is 0 Å². The molecule has 22 heavy (non-hydrogen) atoms. The van der Waals surface area contributed by atoms with Crippen LogP contribution in [0.4, 0.5) is 5.13 Å². The predicted octanol–water partition coefficient (Wildman–Crippen LogP) is 3.23. The number of aromatic nitrogens is 1. The first kappa shape index (κ1) is 15.2. The van der Waals surface area contributed by atoms with Gasteiger partial charge >= 0.3 is 0 Å². The van der Waals surface area contributed by atoms with Crippen molar-refractivity contribution < 1.29 is 14.3 Å². The minimum absolute atomic E-state index is 0.000382. The van der Waals surface area contributed by atoms with E-state index in [1.54, 1.807) is 11.8 Å². The van der Waals surface area contributed by atoms with Gasteiger partial charge in [-0.25, -0.2) is 4.98 Å². The number of fused-ring (bicyclic) bond motifs is 1. The molecule has 1 aromatic heterocycles. The third kappa shape index (κ3) is 3.23. The number of amides is 1. The molecule has 2 aromatic rings. The maximum atomic E-state index is 12.0. The molecule has 2 heterocycles. The second kappa shape index (κ2) is 6.62. The number of rotatable bonds is 5. The Morgan fingerprint density at radius 2 is 2.41 bits per heavy atom. The van der Waals surface area contributed by atoms with Gasteiger partial charge in [-0.3, -0.25) is 9.69 Å². The summed E-state index contributed by atoms with van der Waals surface area (Å²) in [6.07, 6.45) is 2.19. The zero-order chi connectivity index (χ0) is 15.5. The fourth-order valence-electron chi connectivity index (χ4n) is 2.60. The molecular formula is C16H20N2O3S. The molecule has 0 N–H and O–H groups in total. The molecule has 1 unspecified atom stereocenters. The van der Waals surface area contributed by atoms with Crippen molar-refractivity contribution in [3.05, 3.63) is 18.2 Å². The van der Waals surface area contributed by atoms with Crippen LogP contribution in [0.3, 0.4) is 0 Å². The van der Waals surface area contributed by atoms with Crippen molar-refractivity contribution in [3.8, 4) is 5.75 Å². The molecule has 5 nitrogen and oxygen atoms in total. The Morgan fingerprint density at radius 3 is 3.09 bits per heavy atom. The second-order valence-corrected chi connectivity index (χ2v) is 6.33. The molecule has 1 saturated heterocycles. The molecule has 1 atom stereocenters. The lowest BCUT2D eigenvalue weighted by molar-refractivity contribution is -0.116. The van der Waals surface area contributed by atoms with Crippen LogP contribution in [0.15, 0.2) is 18.2 Å². The lowest BCUT2D eigenvalue weighted by atomic mass is 10.2. The van der Waals surface area contributed by atoms with E-state index in [2.05, 4.69) is 4.98 Å². The predicted molar refractivity (Wildman–Crippen MR) is 87.8 cm³/mol. The van der Waals surface area contributed by atoms with Crippen LogP contribution in [0.25, 0.3) is 10.2 Å². The smallest absolute Gasteiger partial charge is 0.225 e. The van der Waals surface area contributed by atoms with Crippen molar-refractivity contribution in [2.75, 3.05) is 24.7 Å². The van der Waals surface area contributed by atoms with Crippen molar-refractivity contribution in [2.45, 2.75) is 32.8 Å². The molecule has 1 aromatic carbocycles. The maximum Gasteiger partial charge on any atom is 0.225 e. The minimum atomic E-state index is -0.000382. The number of hydrogen-bond donors (Lipinski definition) is 0. The molecule has 1 aliphatic rings. The molecule has 0 aliphatic carbocycles. The van der Waals surface area contributed by atoms with E-state index in [-0.39, 0.29) is 12.0 Å². The summed E-state index contributed by atoms with van der Waals surface area (Å²) in [5.74, 6) is 0.832. The highest BCUT2D eigenvalue weighted by Crippen LogP contribution is 2.32. The largest absolute Gasteiger partial charge is 0.494 e. The van der Waals surface area contributed by atoms with E-state index in [0.29, 0.717) is 13.2 Å². The summed E-state index contributed by atoms with van der Waals surface area (Å²) >= 11 is 1.52. The molecule has 1 fully saturated rings. The highest BCUT2D eigenvalue weighted by atomic mass is 32.1. The first-order valence-corrected chi connectivity index (χ1v) is 8.42. The highest BCUT2D eigenvalue weighted by molar-refractivity contribution is 7.22. The zero-order valence-electron chi connectivity index (χ0n) is 12.9. The number of anilines is 1. The molecule has 118 valence electrons. The average Bonchev–Trinajstić information content (AvgIpc) is 3.13. The van der Waals surface area contributed by atoms with Gasteiger partial charge in [-0.15, -0.1) is 0 Å². The Bertz CT molecular complexity index is 664. The van der Waals surface area contributed by atoms with Gasteiger partial charge in [0.05, 0.1) is 29.5 Å². The summed E-state index contributed by atoms with van der Waals surface area (Å²) in [4.78, 5) is 18.3. The van der Waals surface area contributed by atoms with E-state index in [1.807, 2.05) is 25.1 Å². The summed E-state index contributed by atoms with van der Waals surface area (Å²) < 4.78 is 12.2. The van der Waals surface area contributed by atoms with Crippen LogP contribution >= 0.6 is 11.3 Å². The molecule has 0 radical (unpaired) electrons. The number of ether oxygens (including phenoxy) is 2. The van der Waals surface area contributed by atoms with Crippen LogP contribution in [0.5, 0.6) is 5.75 Å². The van der Waals surface area contributed by atoms with Gasteiger partial charge < -0.3 is 9.47 Å². The number of hydrogen-bond acceptors (Lipinski definition) is 5. The van der Waals surface area contributed by atoms with Crippen molar-refractivity contribution in [2.24, 2.45) is 0 Å². The van der Waals surface area contributed by atoms with Crippen LogP contribution in [0, 0.1) is 0 Å². The first-order valence-electron chi connectivity index (χ1n) is 7.60. The Labute approximate surface area is 133 Å². The van der Waals surface area contributed by atoms with Gasteiger partial charge in [0.15, 0.2) is 5.13 Å². The summed E-state index contributed by atoms with van der Waals surface area (Å²) in [6.45, 7) is 5.53. The SMILES string of the molecule is CCOc1ccc2nc(N(CC3CCCO3)C(C)=O)sc2c1. The van der Waals surface area contributed by atoms with Gasteiger partial charge in [0, 0.05) is 13.5 Å². The standard InChI is InChI=1S/C16H20N2O3S/c1-3-20-12-6-7-14-15(9-12)22-16(17-14)18(11(2)19)10-13-5-4-8-21-13/h6-7,9,13H,3-5,8,10H2,1-2H3. The number of carbonyl (C=O) groups is 1. The molecule has 0 bridgehead atoms. The Kier molecular flexibility index (Phi) is 4.59. The van der Waals surface area contributed by atoms with Crippen molar-refractivity contribution in [1.29, 1.82) is 0 Å². The molecule has 0 saturated carbocycles. The van der Waals surface area contributed by atoms with Crippen molar-refractivity contribution >= 4 is 32.6 Å². The van der Waals surface area contributed by atoms with Gasteiger partial charge in [-0.1, -0.05) is 11.3 Å². The lowest BCUT2D eigenvalue weighted by Crippen LogP contribution is -2.35. The van der Waals surface area contributed by atoms with Crippen LogP contribution in [-0.4, -0.2) is 36.8 Å². The fourth-order valence-corrected chi connectivity index (χ4v) is 3.65. The number of nitrogens with zero attached hydrogens (tertiary/aromatic N) is 2. The fraction of sp³-hybridized carbons (Fsp3) is 0.500. The number of carbonyl (C=O) groups excluding carboxylic acids is 1. The lowest BCUT2D eigenvalue weighted by Gasteiger charge is -2.21. The molecular weight excluding hydrogens is 300 g/mol. The van der Waals surface area contributed by atoms with Gasteiger partial charge in [-0.05, 0) is 38.0 Å². The maximum absolute atomic E-state index is 12.0. The average molecular weight is 320 g/mol. The monoisotopic (exact) mass is 320 g/mol. The van der Waals surface area contributed by atoms with E-state index in [9.17, 15) is 4.79 Å². The molecule has 1 aliphatic heterocycles. The first-order chi connectivity index (χ1) is 10.7. The van der Waals surface area contributed by atoms with E-state index < -0.39 is 0 Å². The van der Waals surface area contributed by atoms with Gasteiger partial charge in [0.25, 0.3) is 0 Å². The minimum Gasteiger partial charge on any atom is -0.494 e. The topological polar surface area (TPSA) is 51.7 Å². The Morgan fingerprint density at radius 1 is 1.55 bits per heavy atom. The van der Waals surface area contributed by atoms with Gasteiger partial charge in [-0.2, -0.15) is 0 Å². The third-order valence-electron chi connectivity index (χ3n) is 3.68. The quantitative estimate of drug-likeness (QED) is 0.849. The Balaban J connectivity index is 1.86. The van der Waals surface area contributed by atoms with Crippen LogP contribution in [0.1, 0.15) is 26.7 Å². The second-order valence-electron chi connectivity index (χ2n) is 5.32. The van der Waals surface area contributed by atoms with E-state index in [4.69, 9.17) is 9.47 Å². The molecule has 6 heteroatoms. The summed E-state index contributed by atoms with van der Waals surface area (Å²) in [6, 6.07) is 5.82. The zero-order valence-corrected chi connectivity index (χ0v) is 13.7. The normalized spacial score (nSPS) is 17.8. The van der Waals surface area contributed by atoms with Crippen LogP contribution in [0.2, 0.25) is 0 Å². The van der Waals surface area contributed by atoms with E-state index in [1.165, 1.54) is 11.3 Å². The molecule has 0 spiro atoms. The summed E-state index contributed by atoms with van der Waals surface area (Å²) in [5, 5.41) is 0.728. The summed E-state index contributed by atoms with van der Waals surface area (Å²) in [5.41, 5.74) is 0.891.